The molecule has 2 aliphatic rings. The fourth-order valence-electron chi connectivity index (χ4n) is 4.04. The van der Waals surface area contributed by atoms with Crippen LogP contribution in [0.5, 0.6) is 0 Å². The molecule has 0 aromatic heterocycles. The number of fused-ring (bicyclic) bond motifs is 2. The highest BCUT2D eigenvalue weighted by molar-refractivity contribution is 6.22. The Morgan fingerprint density at radius 1 is 1.35 bits per heavy atom. The van der Waals surface area contributed by atoms with Gasteiger partial charge in [-0.15, -0.1) is 0 Å². The van der Waals surface area contributed by atoms with Crippen LogP contribution in [0.3, 0.4) is 0 Å². The number of anilines is 1. The number of carbonyl (C=O) groups excluding carboxylic acids is 3. The molecule has 0 saturated carbocycles. The normalized spacial score (nSPS) is 24.6. The molecule has 0 aliphatic carbocycles. The zero-order valence-corrected chi connectivity index (χ0v) is 15.1. The minimum atomic E-state index is -1.65. The maximum atomic E-state index is 13.4. The number of allylic oxidation sites excluding steroid dienone is 1. The number of ketones is 1. The van der Waals surface area contributed by atoms with Crippen LogP contribution >= 0.6 is 0 Å². The molecule has 2 atom stereocenters. The van der Waals surface area contributed by atoms with Gasteiger partial charge in [-0.05, 0) is 32.4 Å². The van der Waals surface area contributed by atoms with Gasteiger partial charge >= 0.3 is 5.97 Å². The maximum absolute atomic E-state index is 13.4. The van der Waals surface area contributed by atoms with Crippen LogP contribution in [0.2, 0.25) is 0 Å². The summed E-state index contributed by atoms with van der Waals surface area (Å²) in [5.41, 5.74) is -0.465. The van der Waals surface area contributed by atoms with E-state index in [1.807, 2.05) is 0 Å². The van der Waals surface area contributed by atoms with Crippen molar-refractivity contribution in [1.29, 1.82) is 5.41 Å². The van der Waals surface area contributed by atoms with Crippen LogP contribution in [0.4, 0.5) is 5.69 Å². The lowest BCUT2D eigenvalue weighted by Gasteiger charge is -2.40. The van der Waals surface area contributed by atoms with Crippen molar-refractivity contribution in [3.8, 4) is 0 Å². The summed E-state index contributed by atoms with van der Waals surface area (Å²) >= 11 is 0. The van der Waals surface area contributed by atoms with Gasteiger partial charge < -0.3 is 14.4 Å². The Bertz CT molecular complexity index is 872. The van der Waals surface area contributed by atoms with E-state index in [1.54, 1.807) is 38.2 Å². The molecule has 0 bridgehead atoms. The van der Waals surface area contributed by atoms with E-state index < -0.39 is 29.1 Å². The lowest BCUT2D eigenvalue weighted by Crippen LogP contribution is -2.56. The van der Waals surface area contributed by atoms with E-state index in [1.165, 1.54) is 18.7 Å². The monoisotopic (exact) mass is 356 g/mol. The molecule has 0 saturated heterocycles. The van der Waals surface area contributed by atoms with Crippen molar-refractivity contribution < 1.29 is 23.9 Å². The highest BCUT2D eigenvalue weighted by Crippen LogP contribution is 2.54. The number of amides is 1. The van der Waals surface area contributed by atoms with E-state index in [0.29, 0.717) is 11.3 Å². The summed E-state index contributed by atoms with van der Waals surface area (Å²) in [4.78, 5) is 40.1. The molecule has 2 aliphatic heterocycles. The Hall–Kier alpha value is -2.96. The van der Waals surface area contributed by atoms with Crippen LogP contribution < -0.4 is 4.90 Å². The Balaban J connectivity index is 2.42. The van der Waals surface area contributed by atoms with E-state index in [0.717, 1.165) is 0 Å². The summed E-state index contributed by atoms with van der Waals surface area (Å²) < 4.78 is 10.5. The Morgan fingerprint density at radius 3 is 2.62 bits per heavy atom. The van der Waals surface area contributed by atoms with Gasteiger partial charge in [-0.1, -0.05) is 18.2 Å². The molecule has 7 nitrogen and oxygen atoms in total. The van der Waals surface area contributed by atoms with Gasteiger partial charge in [0.25, 0.3) is 0 Å². The van der Waals surface area contributed by atoms with Crippen molar-refractivity contribution in [2.24, 2.45) is 5.92 Å². The Morgan fingerprint density at radius 2 is 2.00 bits per heavy atom. The first-order valence-electron chi connectivity index (χ1n) is 8.31. The predicted octanol–water partition coefficient (Wildman–Crippen LogP) is 1.95. The molecule has 1 aromatic rings. The maximum Gasteiger partial charge on any atom is 0.320 e. The van der Waals surface area contributed by atoms with Crippen molar-refractivity contribution in [1.82, 2.24) is 0 Å². The standard InChI is InChI=1S/C19H20N2O5/c1-5-25-17(23)15-16(20)26-11(3)14(10(2)22)19(15)12-8-6-7-9-13(12)21(4)18(19)24/h6-9,15,20H,5H2,1-4H3. The molecule has 0 fully saturated rings. The summed E-state index contributed by atoms with van der Waals surface area (Å²) in [6, 6.07) is 6.96. The van der Waals surface area contributed by atoms with Crippen molar-refractivity contribution in [3.63, 3.8) is 0 Å². The number of para-hydroxylation sites is 1. The number of likely N-dealkylation sites (N-methyl/N-ethyl adjacent to an activating group) is 1. The number of carbonyl (C=O) groups is 3. The zero-order chi connectivity index (χ0) is 19.2. The number of esters is 1. The third-order valence-corrected chi connectivity index (χ3v) is 4.91. The molecule has 1 amide bonds. The third-order valence-electron chi connectivity index (χ3n) is 4.91. The fraction of sp³-hybridized carbons (Fsp3) is 0.368. The molecule has 136 valence electrons. The lowest BCUT2D eigenvalue weighted by molar-refractivity contribution is -0.150. The van der Waals surface area contributed by atoms with Crippen molar-refractivity contribution in [3.05, 3.63) is 41.2 Å². The first-order valence-corrected chi connectivity index (χ1v) is 8.31. The minimum absolute atomic E-state index is 0.0858. The second kappa shape index (κ2) is 6.09. The summed E-state index contributed by atoms with van der Waals surface area (Å²) in [5, 5.41) is 8.26. The highest BCUT2D eigenvalue weighted by Gasteiger charge is 2.65. The number of hydrogen-bond acceptors (Lipinski definition) is 6. The minimum Gasteiger partial charge on any atom is -0.465 e. The van der Waals surface area contributed by atoms with E-state index in [4.69, 9.17) is 14.9 Å². The van der Waals surface area contributed by atoms with Gasteiger partial charge in [0.1, 0.15) is 11.2 Å². The second-order valence-electron chi connectivity index (χ2n) is 6.33. The fourth-order valence-corrected chi connectivity index (χ4v) is 4.04. The molecule has 2 unspecified atom stereocenters. The second-order valence-corrected chi connectivity index (χ2v) is 6.33. The van der Waals surface area contributed by atoms with Crippen molar-refractivity contribution >= 4 is 29.2 Å². The topological polar surface area (TPSA) is 96.8 Å². The molecule has 3 rings (SSSR count). The Kier molecular flexibility index (Phi) is 4.18. The number of benzene rings is 1. The van der Waals surface area contributed by atoms with Crippen LogP contribution in [0.1, 0.15) is 26.3 Å². The summed E-state index contributed by atoms with van der Waals surface area (Å²) in [7, 11) is 1.59. The quantitative estimate of drug-likeness (QED) is 0.835. The number of hydrogen-bond donors (Lipinski definition) is 1. The number of nitrogens with one attached hydrogen (secondary N) is 1. The van der Waals surface area contributed by atoms with Gasteiger partial charge in [0.2, 0.25) is 11.8 Å². The van der Waals surface area contributed by atoms with Gasteiger partial charge in [0.15, 0.2) is 11.7 Å². The molecule has 26 heavy (non-hydrogen) atoms. The molecule has 1 aromatic carbocycles. The number of ether oxygens (including phenoxy) is 2. The largest absolute Gasteiger partial charge is 0.465 e. The first-order chi connectivity index (χ1) is 12.3. The van der Waals surface area contributed by atoms with E-state index in [-0.39, 0.29) is 23.7 Å². The molecule has 1 spiro atoms. The van der Waals surface area contributed by atoms with Gasteiger partial charge in [-0.2, -0.15) is 0 Å². The average Bonchev–Trinajstić information content (AvgIpc) is 2.78. The summed E-state index contributed by atoms with van der Waals surface area (Å²) in [6.07, 6.45) is 0. The van der Waals surface area contributed by atoms with Crippen molar-refractivity contribution in [2.75, 3.05) is 18.6 Å². The van der Waals surface area contributed by atoms with Gasteiger partial charge in [0.05, 0.1) is 12.2 Å². The smallest absolute Gasteiger partial charge is 0.320 e. The van der Waals surface area contributed by atoms with E-state index >= 15 is 0 Å². The number of Topliss-reactive ketones (excluding diaryl/α,β-unsaturated/α-hetero) is 1. The third kappa shape index (κ3) is 2.13. The number of nitrogens with zero attached hydrogens (tertiary/aromatic N) is 1. The van der Waals surface area contributed by atoms with Gasteiger partial charge in [-0.25, -0.2) is 0 Å². The molecule has 2 heterocycles. The van der Waals surface area contributed by atoms with Crippen LogP contribution in [-0.4, -0.2) is 37.2 Å². The molecular formula is C19H20N2O5. The predicted molar refractivity (Wildman–Crippen MR) is 93.8 cm³/mol. The van der Waals surface area contributed by atoms with Gasteiger partial charge in [0, 0.05) is 12.7 Å². The van der Waals surface area contributed by atoms with E-state index in [2.05, 4.69) is 0 Å². The lowest BCUT2D eigenvalue weighted by atomic mass is 9.63. The number of rotatable bonds is 3. The van der Waals surface area contributed by atoms with Crippen LogP contribution in [0.15, 0.2) is 35.6 Å². The Labute approximate surface area is 151 Å². The van der Waals surface area contributed by atoms with Gasteiger partial charge in [-0.3, -0.25) is 19.8 Å². The van der Waals surface area contributed by atoms with Crippen LogP contribution in [0, 0.1) is 11.3 Å². The molecule has 0 radical (unpaired) electrons. The average molecular weight is 356 g/mol. The summed E-state index contributed by atoms with van der Waals surface area (Å²) in [5.74, 6) is -3.20. The summed E-state index contributed by atoms with van der Waals surface area (Å²) in [6.45, 7) is 4.59. The first kappa shape index (κ1) is 17.8. The SMILES string of the molecule is CCOC(=O)C1C(=N)OC(C)=C(C(C)=O)C12C(=O)N(C)c1ccccc12. The van der Waals surface area contributed by atoms with Crippen LogP contribution in [-0.2, 0) is 29.3 Å². The zero-order valence-electron chi connectivity index (χ0n) is 15.1. The van der Waals surface area contributed by atoms with Crippen LogP contribution in [0.25, 0.3) is 0 Å². The molecule has 1 N–H and O–H groups in total. The van der Waals surface area contributed by atoms with Crippen molar-refractivity contribution in [2.45, 2.75) is 26.2 Å². The molecule has 7 heteroatoms. The molecular weight excluding hydrogens is 336 g/mol. The van der Waals surface area contributed by atoms with E-state index in [9.17, 15) is 14.4 Å². The highest BCUT2D eigenvalue weighted by atomic mass is 16.5.